The Kier molecular flexibility index (Phi) is 3.72. The summed E-state index contributed by atoms with van der Waals surface area (Å²) in [4.78, 5) is 10.9. The van der Waals surface area contributed by atoms with E-state index >= 15 is 0 Å². The van der Waals surface area contributed by atoms with E-state index in [2.05, 4.69) is 11.2 Å². The van der Waals surface area contributed by atoms with Gasteiger partial charge < -0.3 is 15.8 Å². The van der Waals surface area contributed by atoms with Crippen molar-refractivity contribution in [3.8, 4) is 18.1 Å². The second kappa shape index (κ2) is 5.03. The van der Waals surface area contributed by atoms with Gasteiger partial charge in [-0.3, -0.25) is 4.79 Å². The van der Waals surface area contributed by atoms with Gasteiger partial charge in [0.2, 0.25) is 0 Å². The van der Waals surface area contributed by atoms with E-state index in [0.29, 0.717) is 11.4 Å². The zero-order chi connectivity index (χ0) is 12.1. The Hall–Kier alpha value is -2.22. The lowest BCUT2D eigenvalue weighted by atomic mass is 10.1. The van der Waals surface area contributed by atoms with Crippen molar-refractivity contribution in [1.82, 2.24) is 0 Å². The molecule has 0 aromatic heterocycles. The number of benzene rings is 1. The molecule has 0 bridgehead atoms. The monoisotopic (exact) mass is 222 g/mol. The van der Waals surface area contributed by atoms with E-state index in [4.69, 9.17) is 16.9 Å². The second-order valence-electron chi connectivity index (χ2n) is 2.95. The minimum atomic E-state index is -0.848. The van der Waals surface area contributed by atoms with Crippen molar-refractivity contribution < 1.29 is 13.9 Å². The molecule has 3 N–H and O–H groups in total. The number of nitrogens with one attached hydrogen (secondary N) is 1. The topological polar surface area (TPSA) is 64.3 Å². The molecule has 0 saturated heterocycles. The van der Waals surface area contributed by atoms with Crippen molar-refractivity contribution in [1.29, 1.82) is 0 Å². The molecule has 1 rings (SSSR count). The second-order valence-corrected chi connectivity index (χ2v) is 2.95. The third kappa shape index (κ3) is 2.42. The summed E-state index contributed by atoms with van der Waals surface area (Å²) in [7, 11) is 1.40. The Morgan fingerprint density at radius 3 is 2.88 bits per heavy atom. The first kappa shape index (κ1) is 11.9. The quantitative estimate of drug-likeness (QED) is 0.746. The Bertz CT molecular complexity index is 452. The third-order valence-electron chi connectivity index (χ3n) is 1.94. The number of anilines is 1. The summed E-state index contributed by atoms with van der Waals surface area (Å²) in [5, 5.41) is 2.77. The standard InChI is InChI=1S/C11H11FN2O2/c1-3-4-14-9-6-8(12)7(11(13)15)5-10(9)16-2/h1,5-6,14H,4H2,2H3,(H2,13,15). The van der Waals surface area contributed by atoms with E-state index in [1.807, 2.05) is 0 Å². The van der Waals surface area contributed by atoms with Crippen molar-refractivity contribution in [2.24, 2.45) is 5.73 Å². The number of amides is 1. The van der Waals surface area contributed by atoms with Gasteiger partial charge in [-0.1, -0.05) is 5.92 Å². The van der Waals surface area contributed by atoms with Crippen molar-refractivity contribution in [3.05, 3.63) is 23.5 Å². The number of nitrogens with two attached hydrogens (primary N) is 1. The van der Waals surface area contributed by atoms with Crippen LogP contribution < -0.4 is 15.8 Å². The molecular formula is C11H11FN2O2. The number of rotatable bonds is 4. The molecule has 0 unspecified atom stereocenters. The Labute approximate surface area is 92.6 Å². The normalized spacial score (nSPS) is 9.31. The van der Waals surface area contributed by atoms with Crippen molar-refractivity contribution in [2.75, 3.05) is 19.0 Å². The van der Waals surface area contributed by atoms with Crippen LogP contribution in [0, 0.1) is 18.2 Å². The number of terminal acetylenes is 1. The SMILES string of the molecule is C#CCNc1cc(F)c(C(N)=O)cc1OC. The molecule has 84 valence electrons. The third-order valence-corrected chi connectivity index (χ3v) is 1.94. The number of carbonyl (C=O) groups is 1. The highest BCUT2D eigenvalue weighted by Gasteiger charge is 2.13. The fourth-order valence-electron chi connectivity index (χ4n) is 1.20. The maximum atomic E-state index is 13.4. The van der Waals surface area contributed by atoms with Crippen LogP contribution in [0.3, 0.4) is 0 Å². The largest absolute Gasteiger partial charge is 0.495 e. The van der Waals surface area contributed by atoms with Crippen LogP contribution in [0.1, 0.15) is 10.4 Å². The average molecular weight is 222 g/mol. The highest BCUT2D eigenvalue weighted by Crippen LogP contribution is 2.27. The molecule has 4 nitrogen and oxygen atoms in total. The highest BCUT2D eigenvalue weighted by atomic mass is 19.1. The van der Waals surface area contributed by atoms with Gasteiger partial charge in [0.15, 0.2) is 0 Å². The van der Waals surface area contributed by atoms with E-state index in [1.165, 1.54) is 13.2 Å². The van der Waals surface area contributed by atoms with Gasteiger partial charge in [-0.15, -0.1) is 6.42 Å². The van der Waals surface area contributed by atoms with Crippen molar-refractivity contribution in [3.63, 3.8) is 0 Å². The van der Waals surface area contributed by atoms with Crippen LogP contribution in [0.5, 0.6) is 5.75 Å². The van der Waals surface area contributed by atoms with Gasteiger partial charge in [0, 0.05) is 6.07 Å². The predicted molar refractivity (Wildman–Crippen MR) is 58.8 cm³/mol. The lowest BCUT2D eigenvalue weighted by molar-refractivity contribution is 0.0996. The summed E-state index contributed by atoms with van der Waals surface area (Å²) in [5.74, 6) is 1.09. The number of ether oxygens (including phenoxy) is 1. The van der Waals surface area contributed by atoms with Gasteiger partial charge in [0.25, 0.3) is 5.91 Å². The number of methoxy groups -OCH3 is 1. The Balaban J connectivity index is 3.16. The molecule has 1 aromatic rings. The zero-order valence-corrected chi connectivity index (χ0v) is 8.71. The van der Waals surface area contributed by atoms with E-state index in [0.717, 1.165) is 6.07 Å². The zero-order valence-electron chi connectivity index (χ0n) is 8.71. The lowest BCUT2D eigenvalue weighted by Crippen LogP contribution is -2.14. The Morgan fingerprint density at radius 2 is 2.38 bits per heavy atom. The first-order valence-electron chi connectivity index (χ1n) is 4.44. The average Bonchev–Trinajstić information content (AvgIpc) is 2.25. The summed E-state index contributed by atoms with van der Waals surface area (Å²) in [5.41, 5.74) is 5.16. The first-order chi connectivity index (χ1) is 7.60. The number of halogens is 1. The van der Waals surface area contributed by atoms with Crippen LogP contribution >= 0.6 is 0 Å². The van der Waals surface area contributed by atoms with Gasteiger partial charge in [0.1, 0.15) is 11.6 Å². The van der Waals surface area contributed by atoms with Crippen molar-refractivity contribution in [2.45, 2.75) is 0 Å². The molecule has 0 radical (unpaired) electrons. The van der Waals surface area contributed by atoms with Gasteiger partial charge in [-0.05, 0) is 6.07 Å². The van der Waals surface area contributed by atoms with Crippen LogP contribution in [0.25, 0.3) is 0 Å². The molecule has 1 aromatic carbocycles. The molecule has 0 spiro atoms. The molecule has 1 amide bonds. The van der Waals surface area contributed by atoms with Crippen LogP contribution in [-0.2, 0) is 0 Å². The predicted octanol–water partition coefficient (Wildman–Crippen LogP) is 0.978. The fourth-order valence-corrected chi connectivity index (χ4v) is 1.20. The maximum absolute atomic E-state index is 13.4. The fraction of sp³-hybridized carbons (Fsp3) is 0.182. The van der Waals surface area contributed by atoms with Gasteiger partial charge in [-0.25, -0.2) is 4.39 Å². The number of carbonyl (C=O) groups excluding carboxylic acids is 1. The summed E-state index contributed by atoms with van der Waals surface area (Å²) < 4.78 is 18.4. The smallest absolute Gasteiger partial charge is 0.251 e. The molecule has 0 heterocycles. The van der Waals surface area contributed by atoms with Gasteiger partial charge in [-0.2, -0.15) is 0 Å². The molecule has 5 heteroatoms. The molecule has 16 heavy (non-hydrogen) atoms. The molecule has 0 fully saturated rings. The van der Waals surface area contributed by atoms with E-state index in [-0.39, 0.29) is 12.1 Å². The van der Waals surface area contributed by atoms with E-state index in [9.17, 15) is 9.18 Å². The Morgan fingerprint density at radius 1 is 1.69 bits per heavy atom. The molecular weight excluding hydrogens is 211 g/mol. The maximum Gasteiger partial charge on any atom is 0.251 e. The van der Waals surface area contributed by atoms with Crippen molar-refractivity contribution >= 4 is 11.6 Å². The van der Waals surface area contributed by atoms with Crippen LogP contribution in [0.15, 0.2) is 12.1 Å². The molecule has 0 atom stereocenters. The minimum Gasteiger partial charge on any atom is -0.495 e. The summed E-state index contributed by atoms with van der Waals surface area (Å²) in [6.45, 7) is 0.228. The van der Waals surface area contributed by atoms with E-state index in [1.54, 1.807) is 0 Å². The van der Waals surface area contributed by atoms with Gasteiger partial charge in [0.05, 0.1) is 24.9 Å². The number of hydrogen-bond acceptors (Lipinski definition) is 3. The van der Waals surface area contributed by atoms with E-state index < -0.39 is 11.7 Å². The van der Waals surface area contributed by atoms with Crippen LogP contribution in [0.4, 0.5) is 10.1 Å². The molecule has 0 saturated carbocycles. The minimum absolute atomic E-state index is 0.219. The van der Waals surface area contributed by atoms with Gasteiger partial charge >= 0.3 is 0 Å². The number of primary amides is 1. The first-order valence-corrected chi connectivity index (χ1v) is 4.44. The highest BCUT2D eigenvalue weighted by molar-refractivity contribution is 5.94. The summed E-state index contributed by atoms with van der Waals surface area (Å²) >= 11 is 0. The summed E-state index contributed by atoms with van der Waals surface area (Å²) in [6, 6.07) is 2.35. The molecule has 0 aliphatic rings. The van der Waals surface area contributed by atoms with Crippen LogP contribution in [0.2, 0.25) is 0 Å². The molecule has 0 aliphatic carbocycles. The summed E-state index contributed by atoms with van der Waals surface area (Å²) in [6.07, 6.45) is 5.06. The van der Waals surface area contributed by atoms with Crippen LogP contribution in [-0.4, -0.2) is 19.6 Å². The molecule has 0 aliphatic heterocycles. The number of hydrogen-bond donors (Lipinski definition) is 2. The lowest BCUT2D eigenvalue weighted by Gasteiger charge is -2.11.